The summed E-state index contributed by atoms with van der Waals surface area (Å²) in [6, 6.07) is 4.67. The highest BCUT2D eigenvalue weighted by Crippen LogP contribution is 2.34. The number of benzene rings is 1. The van der Waals surface area contributed by atoms with E-state index in [1.54, 1.807) is 15.4 Å². The topological polar surface area (TPSA) is 77.2 Å². The smallest absolute Gasteiger partial charge is 0.250 e. The van der Waals surface area contributed by atoms with Crippen LogP contribution in [0.4, 0.5) is 4.39 Å². The number of nitrogens with zero attached hydrogens (tertiary/aromatic N) is 6. The van der Waals surface area contributed by atoms with E-state index in [4.69, 9.17) is 4.98 Å². The minimum Gasteiger partial charge on any atom is -0.360 e. The minimum atomic E-state index is -0.281. The van der Waals surface area contributed by atoms with E-state index in [0.29, 0.717) is 17.7 Å². The van der Waals surface area contributed by atoms with Crippen molar-refractivity contribution in [1.29, 1.82) is 0 Å². The second-order valence-electron chi connectivity index (χ2n) is 6.49. The molecule has 0 atom stereocenters. The number of halogens is 1. The largest absolute Gasteiger partial charge is 0.360 e. The van der Waals surface area contributed by atoms with E-state index in [1.165, 1.54) is 31.3 Å². The zero-order valence-corrected chi connectivity index (χ0v) is 13.6. The number of H-pyrrole nitrogens is 1. The number of aromatic amines is 1. The third kappa shape index (κ3) is 2.41. The van der Waals surface area contributed by atoms with Crippen LogP contribution >= 0.6 is 0 Å². The Morgan fingerprint density at radius 2 is 2.20 bits per heavy atom. The number of aromatic nitrogens is 7. The summed E-state index contributed by atoms with van der Waals surface area (Å²) in [4.78, 5) is 12.2. The van der Waals surface area contributed by atoms with Gasteiger partial charge in [-0.2, -0.15) is 14.8 Å². The van der Waals surface area contributed by atoms with Gasteiger partial charge in [0.05, 0.1) is 0 Å². The van der Waals surface area contributed by atoms with Gasteiger partial charge in [-0.05, 0) is 37.0 Å². The van der Waals surface area contributed by atoms with Gasteiger partial charge in [-0.15, -0.1) is 5.10 Å². The number of aryl methyl sites for hydroxylation is 1. The molecule has 0 amide bonds. The summed E-state index contributed by atoms with van der Waals surface area (Å²) in [5.41, 5.74) is 1.65. The van der Waals surface area contributed by atoms with Crippen molar-refractivity contribution in [3.05, 3.63) is 42.4 Å². The predicted molar refractivity (Wildman–Crippen MR) is 89.6 cm³/mol. The summed E-state index contributed by atoms with van der Waals surface area (Å²) >= 11 is 0. The van der Waals surface area contributed by atoms with Crippen molar-refractivity contribution >= 4 is 10.9 Å². The van der Waals surface area contributed by atoms with Crippen LogP contribution in [0.25, 0.3) is 28.2 Å². The van der Waals surface area contributed by atoms with Crippen LogP contribution in [0.3, 0.4) is 0 Å². The summed E-state index contributed by atoms with van der Waals surface area (Å²) in [7, 11) is 1.81. The Kier molecular flexibility index (Phi) is 3.00. The molecule has 0 radical (unpaired) electrons. The standard InChI is InChI=1S/C17H16FN7/c1-24-17(20-9-21-24)25-16(22-15(23-25)6-10-2-3-10)13-8-19-14-5-4-11(18)7-12(13)14/h4-5,7-10,19H,2-3,6H2,1H3. The van der Waals surface area contributed by atoms with Crippen molar-refractivity contribution in [3.63, 3.8) is 0 Å². The Morgan fingerprint density at radius 1 is 1.32 bits per heavy atom. The summed E-state index contributed by atoms with van der Waals surface area (Å²) in [5.74, 6) is 2.39. The molecule has 5 rings (SSSR count). The van der Waals surface area contributed by atoms with Crippen LogP contribution in [0.2, 0.25) is 0 Å². The van der Waals surface area contributed by atoms with E-state index in [9.17, 15) is 4.39 Å². The maximum Gasteiger partial charge on any atom is 0.250 e. The molecule has 0 saturated heterocycles. The molecule has 1 aliphatic carbocycles. The first-order valence-corrected chi connectivity index (χ1v) is 8.26. The Balaban J connectivity index is 1.71. The number of nitrogens with one attached hydrogen (secondary N) is 1. The van der Waals surface area contributed by atoms with Crippen molar-refractivity contribution in [2.45, 2.75) is 19.3 Å². The molecular weight excluding hydrogens is 321 g/mol. The van der Waals surface area contributed by atoms with Gasteiger partial charge >= 0.3 is 0 Å². The van der Waals surface area contributed by atoms with Crippen molar-refractivity contribution in [3.8, 4) is 17.3 Å². The van der Waals surface area contributed by atoms with Gasteiger partial charge in [0.25, 0.3) is 5.95 Å². The highest BCUT2D eigenvalue weighted by Gasteiger charge is 2.26. The van der Waals surface area contributed by atoms with Gasteiger partial charge in [0.2, 0.25) is 0 Å². The maximum atomic E-state index is 13.8. The second kappa shape index (κ2) is 5.23. The van der Waals surface area contributed by atoms with Crippen molar-refractivity contribution < 1.29 is 4.39 Å². The Morgan fingerprint density at radius 3 is 2.96 bits per heavy atom. The Bertz CT molecular complexity index is 1070. The van der Waals surface area contributed by atoms with E-state index in [1.807, 2.05) is 13.2 Å². The summed E-state index contributed by atoms with van der Waals surface area (Å²) in [5, 5.41) is 9.55. The molecule has 0 aliphatic heterocycles. The SMILES string of the molecule is Cn1ncnc1-n1nc(CC2CC2)nc1-c1c[nH]c2ccc(F)cc12. The van der Waals surface area contributed by atoms with Gasteiger partial charge in [-0.3, -0.25) is 0 Å². The summed E-state index contributed by atoms with van der Waals surface area (Å²) in [6.45, 7) is 0. The fraction of sp³-hybridized carbons (Fsp3) is 0.294. The van der Waals surface area contributed by atoms with Crippen molar-refractivity contribution in [1.82, 2.24) is 34.5 Å². The molecule has 7 nitrogen and oxygen atoms in total. The molecule has 1 N–H and O–H groups in total. The van der Waals surface area contributed by atoms with Crippen molar-refractivity contribution in [2.24, 2.45) is 13.0 Å². The van der Waals surface area contributed by atoms with Crippen LogP contribution < -0.4 is 0 Å². The average Bonchev–Trinajstić information content (AvgIpc) is 2.98. The molecular formula is C17H16FN7. The molecule has 3 aromatic heterocycles. The molecule has 1 aromatic carbocycles. The summed E-state index contributed by atoms with van der Waals surface area (Å²) < 4.78 is 17.1. The van der Waals surface area contributed by atoms with E-state index >= 15 is 0 Å². The first-order valence-electron chi connectivity index (χ1n) is 8.26. The maximum absolute atomic E-state index is 13.8. The minimum absolute atomic E-state index is 0.281. The highest BCUT2D eigenvalue weighted by molar-refractivity contribution is 5.94. The van der Waals surface area contributed by atoms with Gasteiger partial charge < -0.3 is 4.98 Å². The Labute approximate surface area is 142 Å². The molecule has 25 heavy (non-hydrogen) atoms. The van der Waals surface area contributed by atoms with Gasteiger partial charge in [0.1, 0.15) is 12.1 Å². The van der Waals surface area contributed by atoms with Crippen LogP contribution in [0.15, 0.2) is 30.7 Å². The van der Waals surface area contributed by atoms with Crippen LogP contribution in [0, 0.1) is 11.7 Å². The normalized spacial score (nSPS) is 14.5. The van der Waals surface area contributed by atoms with Gasteiger partial charge in [0.15, 0.2) is 11.6 Å². The molecule has 1 saturated carbocycles. The molecule has 3 heterocycles. The molecule has 1 fully saturated rings. The van der Waals surface area contributed by atoms with Crippen LogP contribution in [-0.4, -0.2) is 34.5 Å². The number of fused-ring (bicyclic) bond motifs is 1. The fourth-order valence-electron chi connectivity index (χ4n) is 3.09. The van der Waals surface area contributed by atoms with Crippen LogP contribution in [-0.2, 0) is 13.5 Å². The first-order chi connectivity index (χ1) is 12.2. The Hall–Kier alpha value is -3.03. The second-order valence-corrected chi connectivity index (χ2v) is 6.49. The molecule has 0 unspecified atom stereocenters. The quantitative estimate of drug-likeness (QED) is 0.621. The lowest BCUT2D eigenvalue weighted by Crippen LogP contribution is -2.08. The van der Waals surface area contributed by atoms with Crippen molar-refractivity contribution in [2.75, 3.05) is 0 Å². The molecule has 126 valence electrons. The van der Waals surface area contributed by atoms with E-state index < -0.39 is 0 Å². The highest BCUT2D eigenvalue weighted by atomic mass is 19.1. The monoisotopic (exact) mass is 337 g/mol. The van der Waals surface area contributed by atoms with Crippen LogP contribution in [0.1, 0.15) is 18.7 Å². The average molecular weight is 337 g/mol. The van der Waals surface area contributed by atoms with E-state index in [0.717, 1.165) is 28.7 Å². The van der Waals surface area contributed by atoms with Gasteiger partial charge in [-0.1, -0.05) is 0 Å². The molecule has 4 aromatic rings. The zero-order chi connectivity index (χ0) is 17.0. The predicted octanol–water partition coefficient (Wildman–Crippen LogP) is 2.64. The number of rotatable bonds is 4. The first kappa shape index (κ1) is 14.3. The molecule has 0 bridgehead atoms. The van der Waals surface area contributed by atoms with Gasteiger partial charge in [-0.25, -0.2) is 14.1 Å². The van der Waals surface area contributed by atoms with E-state index in [-0.39, 0.29) is 5.82 Å². The lowest BCUT2D eigenvalue weighted by molar-refractivity contribution is 0.629. The lowest BCUT2D eigenvalue weighted by atomic mass is 10.1. The zero-order valence-electron chi connectivity index (χ0n) is 13.6. The summed E-state index contributed by atoms with van der Waals surface area (Å²) in [6.07, 6.45) is 6.63. The third-order valence-corrected chi connectivity index (χ3v) is 4.58. The van der Waals surface area contributed by atoms with Crippen LogP contribution in [0.5, 0.6) is 0 Å². The fourth-order valence-corrected chi connectivity index (χ4v) is 3.09. The molecule has 1 aliphatic rings. The third-order valence-electron chi connectivity index (χ3n) is 4.58. The molecule has 0 spiro atoms. The van der Waals surface area contributed by atoms with Gasteiger partial charge in [0, 0.05) is 36.1 Å². The number of hydrogen-bond donors (Lipinski definition) is 1. The lowest BCUT2D eigenvalue weighted by Gasteiger charge is -2.03. The van der Waals surface area contributed by atoms with E-state index in [2.05, 4.69) is 20.2 Å². The molecule has 8 heteroatoms. The number of hydrogen-bond acceptors (Lipinski definition) is 4.